The fourth-order valence-electron chi connectivity index (χ4n) is 2.23. The smallest absolute Gasteiger partial charge is 0.266 e. The van der Waals surface area contributed by atoms with Gasteiger partial charge in [0.25, 0.3) is 5.56 Å². The van der Waals surface area contributed by atoms with Gasteiger partial charge in [0.2, 0.25) is 0 Å². The molecule has 0 aliphatic carbocycles. The number of benzene rings is 1. The quantitative estimate of drug-likeness (QED) is 0.787. The highest BCUT2D eigenvalue weighted by Gasteiger charge is 2.16. The molecule has 1 unspecified atom stereocenters. The van der Waals surface area contributed by atoms with Crippen molar-refractivity contribution in [3.8, 4) is 5.82 Å². The zero-order valence-corrected chi connectivity index (χ0v) is 11.5. The van der Waals surface area contributed by atoms with Gasteiger partial charge >= 0.3 is 0 Å². The van der Waals surface area contributed by atoms with Crippen LogP contribution in [-0.4, -0.2) is 9.72 Å². The molecule has 5 nitrogen and oxygen atoms in total. The first-order chi connectivity index (χ1) is 9.59. The van der Waals surface area contributed by atoms with Crippen molar-refractivity contribution in [3.63, 3.8) is 0 Å². The molecule has 0 bridgehead atoms. The highest BCUT2D eigenvalue weighted by molar-refractivity contribution is 6.35. The molecule has 1 aromatic carbocycles. The minimum Gasteiger partial charge on any atom is -0.363 e. The summed E-state index contributed by atoms with van der Waals surface area (Å²) in [7, 11) is 0. The van der Waals surface area contributed by atoms with Crippen LogP contribution in [0.4, 0.5) is 0 Å². The number of hydrogen-bond donors (Lipinski definition) is 1. The number of halogens is 1. The predicted octanol–water partition coefficient (Wildman–Crippen LogP) is 2.65. The standard InChI is InChI=1S/C14H12ClN3O2/c1-8(16)11-7-9-3-2-4-10(15)13(9)14(19)18(11)12-5-6-20-17-12/h2-8H,16H2,1H3. The second kappa shape index (κ2) is 4.77. The van der Waals surface area contributed by atoms with Gasteiger partial charge in [-0.05, 0) is 24.4 Å². The van der Waals surface area contributed by atoms with Gasteiger partial charge in [-0.1, -0.05) is 28.9 Å². The lowest BCUT2D eigenvalue weighted by Crippen LogP contribution is -2.26. The van der Waals surface area contributed by atoms with Gasteiger partial charge in [0.1, 0.15) is 6.26 Å². The van der Waals surface area contributed by atoms with E-state index in [1.54, 1.807) is 18.2 Å². The van der Waals surface area contributed by atoms with Gasteiger partial charge in [-0.2, -0.15) is 0 Å². The molecule has 0 spiro atoms. The van der Waals surface area contributed by atoms with Crippen LogP contribution in [0.1, 0.15) is 18.7 Å². The third kappa shape index (κ3) is 1.92. The Bertz CT molecular complexity index is 822. The molecule has 2 heterocycles. The Kier molecular flexibility index (Phi) is 3.08. The van der Waals surface area contributed by atoms with Gasteiger partial charge < -0.3 is 10.3 Å². The van der Waals surface area contributed by atoms with E-state index >= 15 is 0 Å². The Hall–Kier alpha value is -2.11. The molecule has 102 valence electrons. The Morgan fingerprint density at radius 3 is 2.85 bits per heavy atom. The molecule has 0 amide bonds. The summed E-state index contributed by atoms with van der Waals surface area (Å²) in [6.45, 7) is 1.81. The lowest BCUT2D eigenvalue weighted by Gasteiger charge is -2.15. The predicted molar refractivity (Wildman–Crippen MR) is 77.2 cm³/mol. The molecule has 0 fully saturated rings. The van der Waals surface area contributed by atoms with E-state index in [4.69, 9.17) is 21.9 Å². The van der Waals surface area contributed by atoms with Gasteiger partial charge in [0, 0.05) is 17.8 Å². The maximum Gasteiger partial charge on any atom is 0.266 e. The zero-order chi connectivity index (χ0) is 14.3. The van der Waals surface area contributed by atoms with Gasteiger partial charge in [-0.3, -0.25) is 9.36 Å². The van der Waals surface area contributed by atoms with E-state index in [1.807, 2.05) is 19.1 Å². The highest BCUT2D eigenvalue weighted by Crippen LogP contribution is 2.24. The topological polar surface area (TPSA) is 74.1 Å². The monoisotopic (exact) mass is 289 g/mol. The number of rotatable bonds is 2. The number of fused-ring (bicyclic) bond motifs is 1. The van der Waals surface area contributed by atoms with Gasteiger partial charge in [0.15, 0.2) is 5.82 Å². The molecule has 0 aliphatic heterocycles. The fourth-order valence-corrected chi connectivity index (χ4v) is 2.50. The Morgan fingerprint density at radius 2 is 2.20 bits per heavy atom. The molecule has 0 saturated heterocycles. The van der Waals surface area contributed by atoms with Crippen LogP contribution in [-0.2, 0) is 0 Å². The molecule has 20 heavy (non-hydrogen) atoms. The maximum absolute atomic E-state index is 12.7. The lowest BCUT2D eigenvalue weighted by molar-refractivity contribution is 0.415. The molecule has 0 radical (unpaired) electrons. The number of nitrogens with zero attached hydrogens (tertiary/aromatic N) is 2. The van der Waals surface area contributed by atoms with Gasteiger partial charge in [-0.25, -0.2) is 0 Å². The van der Waals surface area contributed by atoms with Crippen LogP contribution in [0.15, 0.2) is 45.9 Å². The summed E-state index contributed by atoms with van der Waals surface area (Å²) in [4.78, 5) is 12.7. The zero-order valence-electron chi connectivity index (χ0n) is 10.7. The fraction of sp³-hybridized carbons (Fsp3) is 0.143. The van der Waals surface area contributed by atoms with E-state index < -0.39 is 0 Å². The molecule has 6 heteroatoms. The summed E-state index contributed by atoms with van der Waals surface area (Å²) in [5.41, 5.74) is 6.36. The molecule has 3 rings (SSSR count). The van der Waals surface area contributed by atoms with Crippen LogP contribution in [0.3, 0.4) is 0 Å². The molecule has 0 saturated carbocycles. The van der Waals surface area contributed by atoms with Gasteiger partial charge in [-0.15, -0.1) is 0 Å². The second-order valence-corrected chi connectivity index (χ2v) is 4.97. The van der Waals surface area contributed by atoms with Crippen molar-refractivity contribution in [2.24, 2.45) is 5.73 Å². The minimum absolute atomic E-state index is 0.255. The Morgan fingerprint density at radius 1 is 1.40 bits per heavy atom. The van der Waals surface area contributed by atoms with Crippen LogP contribution in [0.5, 0.6) is 0 Å². The average molecular weight is 290 g/mol. The number of nitrogens with two attached hydrogens (primary N) is 1. The van der Waals surface area contributed by atoms with Crippen LogP contribution in [0, 0.1) is 0 Å². The number of hydrogen-bond acceptors (Lipinski definition) is 4. The molecule has 1 atom stereocenters. The average Bonchev–Trinajstić information content (AvgIpc) is 2.91. The van der Waals surface area contributed by atoms with Crippen LogP contribution >= 0.6 is 11.6 Å². The molecular formula is C14H12ClN3O2. The summed E-state index contributed by atoms with van der Waals surface area (Å²) in [6.07, 6.45) is 1.41. The first kappa shape index (κ1) is 12.9. The largest absolute Gasteiger partial charge is 0.363 e. The van der Waals surface area contributed by atoms with Crippen molar-refractivity contribution in [1.29, 1.82) is 0 Å². The van der Waals surface area contributed by atoms with Crippen molar-refractivity contribution in [1.82, 2.24) is 9.72 Å². The summed E-state index contributed by atoms with van der Waals surface area (Å²) in [5.74, 6) is 0.393. The van der Waals surface area contributed by atoms with E-state index in [1.165, 1.54) is 10.8 Å². The highest BCUT2D eigenvalue weighted by atomic mass is 35.5. The SMILES string of the molecule is CC(N)c1cc2cccc(Cl)c2c(=O)n1-c1ccon1. The summed E-state index contributed by atoms with van der Waals surface area (Å²) in [6, 6.07) is 8.45. The van der Waals surface area contributed by atoms with Crippen LogP contribution in [0.25, 0.3) is 16.6 Å². The van der Waals surface area contributed by atoms with Crippen LogP contribution in [0.2, 0.25) is 5.02 Å². The molecule has 2 N–H and O–H groups in total. The van der Waals surface area contributed by atoms with Crippen molar-refractivity contribution >= 4 is 22.4 Å². The summed E-state index contributed by atoms with van der Waals surface area (Å²) >= 11 is 6.14. The van der Waals surface area contributed by atoms with E-state index in [2.05, 4.69) is 5.16 Å². The van der Waals surface area contributed by atoms with E-state index in [0.29, 0.717) is 21.9 Å². The third-order valence-electron chi connectivity index (χ3n) is 3.14. The van der Waals surface area contributed by atoms with Gasteiger partial charge in [0.05, 0.1) is 10.4 Å². The minimum atomic E-state index is -0.331. The third-order valence-corrected chi connectivity index (χ3v) is 3.46. The normalized spacial score (nSPS) is 12.8. The molecule has 2 aromatic heterocycles. The molecule has 0 aliphatic rings. The summed E-state index contributed by atoms with van der Waals surface area (Å²) in [5, 5.41) is 5.42. The van der Waals surface area contributed by atoms with Crippen LogP contribution < -0.4 is 11.3 Å². The van der Waals surface area contributed by atoms with Crippen molar-refractivity contribution < 1.29 is 4.52 Å². The van der Waals surface area contributed by atoms with E-state index in [0.717, 1.165) is 5.39 Å². The first-order valence-electron chi connectivity index (χ1n) is 6.10. The Labute approximate surface area is 119 Å². The molecule has 3 aromatic rings. The maximum atomic E-state index is 12.7. The number of aromatic nitrogens is 2. The van der Waals surface area contributed by atoms with Crippen molar-refractivity contribution in [2.75, 3.05) is 0 Å². The van der Waals surface area contributed by atoms with E-state index in [9.17, 15) is 4.79 Å². The summed E-state index contributed by atoms with van der Waals surface area (Å²) < 4.78 is 6.25. The Balaban J connectivity index is 2.48. The van der Waals surface area contributed by atoms with Crippen molar-refractivity contribution in [2.45, 2.75) is 13.0 Å². The van der Waals surface area contributed by atoms with Crippen molar-refractivity contribution in [3.05, 3.63) is 57.7 Å². The number of pyridine rings is 1. The second-order valence-electron chi connectivity index (χ2n) is 4.56. The van der Waals surface area contributed by atoms with E-state index in [-0.39, 0.29) is 11.6 Å². The first-order valence-corrected chi connectivity index (χ1v) is 6.48. The molecular weight excluding hydrogens is 278 g/mol. The lowest BCUT2D eigenvalue weighted by atomic mass is 10.1.